The first-order chi connectivity index (χ1) is 16.4. The largest absolute Gasteiger partial charge is 0.343 e. The van der Waals surface area contributed by atoms with Crippen LogP contribution in [0.1, 0.15) is 48.9 Å². The zero-order valence-corrected chi connectivity index (χ0v) is 21.6. The minimum Gasteiger partial charge on any atom is -0.343 e. The summed E-state index contributed by atoms with van der Waals surface area (Å²) in [7, 11) is 0. The highest BCUT2D eigenvalue weighted by Gasteiger charge is 2.26. The SMILES string of the molecule is CCc1ccc(NC(=S)N(Cc2cc3ccc(C)c(C)c3[nH]c2=O)C[C@@H]2CCCN2CC)cc1. The van der Waals surface area contributed by atoms with Crippen LogP contribution in [-0.2, 0) is 13.0 Å². The van der Waals surface area contributed by atoms with Crippen LogP contribution in [0, 0.1) is 13.8 Å². The minimum atomic E-state index is -0.0416. The molecule has 1 saturated heterocycles. The molecular formula is C28H36N4OS. The van der Waals surface area contributed by atoms with Crippen LogP contribution in [0.25, 0.3) is 10.9 Å². The van der Waals surface area contributed by atoms with Crippen LogP contribution in [0.4, 0.5) is 5.69 Å². The Labute approximate surface area is 208 Å². The lowest BCUT2D eigenvalue weighted by atomic mass is 10.0. The van der Waals surface area contributed by atoms with Gasteiger partial charge in [-0.05, 0) is 98.7 Å². The molecule has 1 atom stereocenters. The van der Waals surface area contributed by atoms with E-state index in [1.165, 1.54) is 17.5 Å². The van der Waals surface area contributed by atoms with Gasteiger partial charge in [-0.25, -0.2) is 0 Å². The molecular weight excluding hydrogens is 440 g/mol. The summed E-state index contributed by atoms with van der Waals surface area (Å²) in [6.07, 6.45) is 3.38. The maximum Gasteiger partial charge on any atom is 0.253 e. The molecule has 0 unspecified atom stereocenters. The first-order valence-electron chi connectivity index (χ1n) is 12.4. The minimum absolute atomic E-state index is 0.0416. The maximum absolute atomic E-state index is 13.1. The summed E-state index contributed by atoms with van der Waals surface area (Å²) in [6.45, 7) is 11.9. The first kappa shape index (κ1) is 24.4. The number of thiocarbonyl (C=S) groups is 1. The van der Waals surface area contributed by atoms with Gasteiger partial charge in [0.1, 0.15) is 0 Å². The number of H-pyrrole nitrogens is 1. The van der Waals surface area contributed by atoms with E-state index in [1.54, 1.807) is 0 Å². The topological polar surface area (TPSA) is 51.4 Å². The molecule has 0 aliphatic carbocycles. The van der Waals surface area contributed by atoms with Gasteiger partial charge in [-0.2, -0.15) is 0 Å². The zero-order chi connectivity index (χ0) is 24.2. The van der Waals surface area contributed by atoms with E-state index in [2.05, 4.69) is 84.2 Å². The number of nitrogens with one attached hydrogen (secondary N) is 2. The maximum atomic E-state index is 13.1. The van der Waals surface area contributed by atoms with Crippen molar-refractivity contribution in [3.05, 3.63) is 75.1 Å². The number of aryl methyl sites for hydroxylation is 3. The molecule has 3 aromatic rings. The van der Waals surface area contributed by atoms with E-state index >= 15 is 0 Å². The zero-order valence-electron chi connectivity index (χ0n) is 20.8. The van der Waals surface area contributed by atoms with Crippen LogP contribution in [-0.4, -0.2) is 45.6 Å². The summed E-state index contributed by atoms with van der Waals surface area (Å²) in [5, 5.41) is 5.14. The molecule has 0 amide bonds. The molecule has 4 rings (SSSR count). The molecule has 2 aromatic carbocycles. The number of likely N-dealkylation sites (N-methyl/N-ethyl adjacent to an activating group) is 1. The molecule has 5 nitrogen and oxygen atoms in total. The number of nitrogens with zero attached hydrogens (tertiary/aromatic N) is 2. The van der Waals surface area contributed by atoms with Gasteiger partial charge in [-0.1, -0.05) is 38.1 Å². The number of anilines is 1. The number of likely N-dealkylation sites (tertiary alicyclic amines) is 1. The predicted octanol–water partition coefficient (Wildman–Crippen LogP) is 5.39. The van der Waals surface area contributed by atoms with Crippen molar-refractivity contribution >= 4 is 33.9 Å². The van der Waals surface area contributed by atoms with E-state index in [9.17, 15) is 4.79 Å². The number of pyridine rings is 1. The third-order valence-corrected chi connectivity index (χ3v) is 7.59. The number of fused-ring (bicyclic) bond motifs is 1. The summed E-state index contributed by atoms with van der Waals surface area (Å²) in [6, 6.07) is 15.1. The smallest absolute Gasteiger partial charge is 0.253 e. The average Bonchev–Trinajstić information content (AvgIpc) is 3.29. The van der Waals surface area contributed by atoms with Gasteiger partial charge in [0.15, 0.2) is 5.11 Å². The fourth-order valence-corrected chi connectivity index (χ4v) is 5.17. The van der Waals surface area contributed by atoms with Crippen molar-refractivity contribution in [1.29, 1.82) is 0 Å². The van der Waals surface area contributed by atoms with Crippen molar-refractivity contribution in [2.75, 3.05) is 25.0 Å². The van der Waals surface area contributed by atoms with Gasteiger partial charge in [0.05, 0.1) is 12.1 Å². The monoisotopic (exact) mass is 476 g/mol. The molecule has 180 valence electrons. The Morgan fingerprint density at radius 2 is 1.94 bits per heavy atom. The number of hydrogen-bond acceptors (Lipinski definition) is 3. The van der Waals surface area contributed by atoms with Gasteiger partial charge >= 0.3 is 0 Å². The van der Waals surface area contributed by atoms with Gasteiger partial charge in [-0.15, -0.1) is 0 Å². The van der Waals surface area contributed by atoms with Crippen LogP contribution < -0.4 is 10.9 Å². The highest BCUT2D eigenvalue weighted by Crippen LogP contribution is 2.22. The predicted molar refractivity (Wildman–Crippen MR) is 147 cm³/mol. The van der Waals surface area contributed by atoms with Crippen molar-refractivity contribution < 1.29 is 0 Å². The van der Waals surface area contributed by atoms with Crippen LogP contribution in [0.15, 0.2) is 47.3 Å². The fourth-order valence-electron chi connectivity index (χ4n) is 4.91. The lowest BCUT2D eigenvalue weighted by Crippen LogP contribution is -2.44. The van der Waals surface area contributed by atoms with Crippen LogP contribution in [0.2, 0.25) is 0 Å². The summed E-state index contributed by atoms with van der Waals surface area (Å²) < 4.78 is 0. The molecule has 2 N–H and O–H groups in total. The first-order valence-corrected chi connectivity index (χ1v) is 12.8. The Hall–Kier alpha value is -2.70. The molecule has 2 heterocycles. The summed E-state index contributed by atoms with van der Waals surface area (Å²) in [5.41, 5.74) is 6.19. The van der Waals surface area contributed by atoms with E-state index in [-0.39, 0.29) is 5.56 Å². The Kier molecular flexibility index (Phi) is 7.69. The molecule has 0 saturated carbocycles. The lowest BCUT2D eigenvalue weighted by molar-refractivity contribution is 0.221. The van der Waals surface area contributed by atoms with Gasteiger partial charge in [0, 0.05) is 23.8 Å². The summed E-state index contributed by atoms with van der Waals surface area (Å²) in [5.74, 6) is 0. The number of benzene rings is 2. The molecule has 1 aliphatic heterocycles. The highest BCUT2D eigenvalue weighted by atomic mass is 32.1. The van der Waals surface area contributed by atoms with E-state index in [1.807, 2.05) is 6.07 Å². The van der Waals surface area contributed by atoms with Crippen LogP contribution in [0.3, 0.4) is 0 Å². The second-order valence-corrected chi connectivity index (χ2v) is 9.77. The van der Waals surface area contributed by atoms with E-state index in [0.29, 0.717) is 17.7 Å². The quantitative estimate of drug-likeness (QED) is 0.448. The molecule has 0 bridgehead atoms. The second-order valence-electron chi connectivity index (χ2n) is 9.38. The molecule has 1 aromatic heterocycles. The summed E-state index contributed by atoms with van der Waals surface area (Å²) >= 11 is 5.89. The Morgan fingerprint density at radius 3 is 2.65 bits per heavy atom. The average molecular weight is 477 g/mol. The molecule has 6 heteroatoms. The standard InChI is InChI=1S/C28H36N4OS/c1-5-21-10-13-24(14-11-21)29-28(34)32(18-25-8-7-15-31(25)6-2)17-23-16-22-12-9-19(3)20(4)26(22)30-27(23)33/h9-14,16,25H,5-8,15,17-18H2,1-4H3,(H,29,34)(H,30,33)/t25-/m0/s1. The third kappa shape index (κ3) is 5.34. The second kappa shape index (κ2) is 10.7. The molecule has 0 spiro atoms. The van der Waals surface area contributed by atoms with Gasteiger partial charge in [0.2, 0.25) is 0 Å². The van der Waals surface area contributed by atoms with Crippen molar-refractivity contribution in [2.24, 2.45) is 0 Å². The van der Waals surface area contributed by atoms with Crippen LogP contribution in [0.5, 0.6) is 0 Å². The van der Waals surface area contributed by atoms with Crippen molar-refractivity contribution in [2.45, 2.75) is 59.5 Å². The fraction of sp³-hybridized carbons (Fsp3) is 0.429. The number of aromatic nitrogens is 1. The summed E-state index contributed by atoms with van der Waals surface area (Å²) in [4.78, 5) is 20.9. The van der Waals surface area contributed by atoms with Crippen molar-refractivity contribution in [3.63, 3.8) is 0 Å². The van der Waals surface area contributed by atoms with E-state index in [0.717, 1.165) is 60.2 Å². The molecule has 0 radical (unpaired) electrons. The molecule has 34 heavy (non-hydrogen) atoms. The van der Waals surface area contributed by atoms with E-state index < -0.39 is 0 Å². The Balaban J connectivity index is 1.62. The highest BCUT2D eigenvalue weighted by molar-refractivity contribution is 7.80. The van der Waals surface area contributed by atoms with Gasteiger partial charge < -0.3 is 15.2 Å². The Morgan fingerprint density at radius 1 is 1.18 bits per heavy atom. The lowest BCUT2D eigenvalue weighted by Gasteiger charge is -2.32. The molecule has 1 fully saturated rings. The van der Waals surface area contributed by atoms with E-state index in [4.69, 9.17) is 12.2 Å². The number of rotatable bonds is 7. The van der Waals surface area contributed by atoms with Crippen molar-refractivity contribution in [3.8, 4) is 0 Å². The van der Waals surface area contributed by atoms with Crippen LogP contribution >= 0.6 is 12.2 Å². The number of aromatic amines is 1. The molecule has 1 aliphatic rings. The third-order valence-electron chi connectivity index (χ3n) is 7.23. The van der Waals surface area contributed by atoms with Gasteiger partial charge in [-0.3, -0.25) is 9.69 Å². The van der Waals surface area contributed by atoms with Gasteiger partial charge in [0.25, 0.3) is 5.56 Å². The van der Waals surface area contributed by atoms with Crippen molar-refractivity contribution in [1.82, 2.24) is 14.8 Å². The Bertz CT molecular complexity index is 1220. The normalized spacial score (nSPS) is 16.2. The number of hydrogen-bond donors (Lipinski definition) is 2.